The van der Waals surface area contributed by atoms with E-state index in [0.29, 0.717) is 31.7 Å². The summed E-state index contributed by atoms with van der Waals surface area (Å²) in [6.07, 6.45) is 2.94. The Bertz CT molecular complexity index is 1010. The summed E-state index contributed by atoms with van der Waals surface area (Å²) in [6, 6.07) is 15.4. The second-order valence-electron chi connectivity index (χ2n) is 8.65. The molecule has 1 aliphatic rings. The van der Waals surface area contributed by atoms with Crippen molar-refractivity contribution in [1.82, 2.24) is 10.8 Å². The molecule has 34 heavy (non-hydrogen) atoms. The number of benzene rings is 2. The Balaban J connectivity index is 1.84. The topological polar surface area (TPSA) is 114 Å². The first-order valence-electron chi connectivity index (χ1n) is 11.6. The van der Waals surface area contributed by atoms with Crippen LogP contribution < -0.4 is 20.3 Å². The molecule has 0 saturated carbocycles. The van der Waals surface area contributed by atoms with Gasteiger partial charge in [0.2, 0.25) is 0 Å². The molecule has 1 heterocycles. The van der Waals surface area contributed by atoms with Gasteiger partial charge in [0, 0.05) is 0 Å². The molecule has 0 aromatic heterocycles. The summed E-state index contributed by atoms with van der Waals surface area (Å²) in [5.74, 6) is 0.365. The van der Waals surface area contributed by atoms with Gasteiger partial charge in [0.1, 0.15) is 11.5 Å². The summed E-state index contributed by atoms with van der Waals surface area (Å²) < 4.78 is 37.0. The van der Waals surface area contributed by atoms with Gasteiger partial charge in [-0.3, -0.25) is 10.0 Å². The van der Waals surface area contributed by atoms with Crippen molar-refractivity contribution in [3.05, 3.63) is 54.6 Å². The van der Waals surface area contributed by atoms with Gasteiger partial charge in [-0.15, -0.1) is 0 Å². The maximum atomic E-state index is 13.9. The largest absolute Gasteiger partial charge is 0.497 e. The normalized spacial score (nSPS) is 18.0. The van der Waals surface area contributed by atoms with Crippen molar-refractivity contribution >= 4 is 15.7 Å². The standard InChI is InChI=1S/C25H34N2O6S/c1-32-21-11-13-23(14-12-21)34(30,31)25(24(28)27-29,18-20-8-7-16-26-19-20)15-5-6-17-33-22-9-3-2-4-10-22/h2-4,9-14,20,26,29H,5-8,15-19H2,1H3,(H,27,28). The van der Waals surface area contributed by atoms with Gasteiger partial charge in [-0.05, 0) is 93.9 Å². The molecule has 1 aliphatic heterocycles. The Morgan fingerprint density at radius 2 is 1.85 bits per heavy atom. The fourth-order valence-corrected chi connectivity index (χ4v) is 6.64. The fraction of sp³-hybridized carbons (Fsp3) is 0.480. The molecule has 0 radical (unpaired) electrons. The van der Waals surface area contributed by atoms with Crippen molar-refractivity contribution in [2.75, 3.05) is 26.8 Å². The van der Waals surface area contributed by atoms with Crippen LogP contribution in [0.3, 0.4) is 0 Å². The van der Waals surface area contributed by atoms with Crippen molar-refractivity contribution < 1.29 is 27.9 Å². The van der Waals surface area contributed by atoms with E-state index in [-0.39, 0.29) is 23.7 Å². The first-order valence-corrected chi connectivity index (χ1v) is 13.1. The minimum absolute atomic E-state index is 0.000331. The lowest BCUT2D eigenvalue weighted by molar-refractivity contribution is -0.132. The Morgan fingerprint density at radius 3 is 2.47 bits per heavy atom. The lowest BCUT2D eigenvalue weighted by Gasteiger charge is -2.36. The highest BCUT2D eigenvalue weighted by Gasteiger charge is 2.52. The van der Waals surface area contributed by atoms with Crippen LogP contribution in [-0.4, -0.2) is 51.1 Å². The molecule has 2 atom stereocenters. The monoisotopic (exact) mass is 490 g/mol. The first-order chi connectivity index (χ1) is 16.4. The number of nitrogens with one attached hydrogen (secondary N) is 2. The van der Waals surface area contributed by atoms with Crippen LogP contribution in [0.2, 0.25) is 0 Å². The molecule has 1 amide bonds. The summed E-state index contributed by atoms with van der Waals surface area (Å²) >= 11 is 0. The zero-order valence-corrected chi connectivity index (χ0v) is 20.4. The van der Waals surface area contributed by atoms with E-state index in [1.165, 1.54) is 19.2 Å². The third-order valence-corrected chi connectivity index (χ3v) is 8.88. The molecule has 3 rings (SSSR count). The molecule has 2 unspecified atom stereocenters. The van der Waals surface area contributed by atoms with E-state index < -0.39 is 20.5 Å². The van der Waals surface area contributed by atoms with Crippen LogP contribution in [0.4, 0.5) is 0 Å². The number of methoxy groups -OCH3 is 1. The first kappa shape index (κ1) is 26.0. The lowest BCUT2D eigenvalue weighted by Crippen LogP contribution is -2.54. The average Bonchev–Trinajstić information content (AvgIpc) is 2.88. The Labute approximate surface area is 201 Å². The fourth-order valence-electron chi connectivity index (χ4n) is 4.54. The van der Waals surface area contributed by atoms with E-state index in [1.807, 2.05) is 30.3 Å². The number of hydroxylamine groups is 1. The predicted octanol–water partition coefficient (Wildman–Crippen LogP) is 3.35. The van der Waals surface area contributed by atoms with E-state index in [0.717, 1.165) is 25.1 Å². The molecule has 1 fully saturated rings. The third-order valence-electron chi connectivity index (χ3n) is 6.40. The van der Waals surface area contributed by atoms with E-state index in [2.05, 4.69) is 5.32 Å². The molecule has 186 valence electrons. The molecule has 2 aromatic rings. The second kappa shape index (κ2) is 12.2. The number of ether oxygens (including phenoxy) is 2. The molecule has 0 bridgehead atoms. The zero-order valence-electron chi connectivity index (χ0n) is 19.5. The van der Waals surface area contributed by atoms with Gasteiger partial charge < -0.3 is 14.8 Å². The quantitative estimate of drug-likeness (QED) is 0.237. The highest BCUT2D eigenvalue weighted by molar-refractivity contribution is 7.93. The van der Waals surface area contributed by atoms with Crippen molar-refractivity contribution in [2.45, 2.75) is 48.2 Å². The van der Waals surface area contributed by atoms with Gasteiger partial charge in [0.15, 0.2) is 14.6 Å². The molecular weight excluding hydrogens is 456 g/mol. The van der Waals surface area contributed by atoms with Crippen LogP contribution in [0.15, 0.2) is 59.5 Å². The second-order valence-corrected chi connectivity index (χ2v) is 10.9. The molecule has 8 nitrogen and oxygen atoms in total. The number of piperidine rings is 1. The molecule has 2 aromatic carbocycles. The van der Waals surface area contributed by atoms with Crippen LogP contribution in [0.5, 0.6) is 11.5 Å². The van der Waals surface area contributed by atoms with E-state index in [1.54, 1.807) is 17.6 Å². The van der Waals surface area contributed by atoms with E-state index in [4.69, 9.17) is 9.47 Å². The van der Waals surface area contributed by atoms with Gasteiger partial charge >= 0.3 is 0 Å². The van der Waals surface area contributed by atoms with E-state index >= 15 is 0 Å². The summed E-state index contributed by atoms with van der Waals surface area (Å²) in [4.78, 5) is 13.1. The lowest BCUT2D eigenvalue weighted by atomic mass is 9.85. The maximum absolute atomic E-state index is 13.9. The Hall–Kier alpha value is -2.62. The number of unbranched alkanes of at least 4 members (excludes halogenated alkanes) is 1. The molecule has 3 N–H and O–H groups in total. The average molecular weight is 491 g/mol. The van der Waals surface area contributed by atoms with Gasteiger partial charge in [-0.25, -0.2) is 13.9 Å². The summed E-state index contributed by atoms with van der Waals surface area (Å²) in [7, 11) is -2.63. The number of carbonyl (C=O) groups excluding carboxylic acids is 1. The van der Waals surface area contributed by atoms with Gasteiger partial charge in [-0.1, -0.05) is 18.2 Å². The number of para-hydroxylation sites is 1. The molecule has 0 aliphatic carbocycles. The molecular formula is C25H34N2O6S. The maximum Gasteiger partial charge on any atom is 0.265 e. The smallest absolute Gasteiger partial charge is 0.265 e. The number of amides is 1. The van der Waals surface area contributed by atoms with Crippen LogP contribution >= 0.6 is 0 Å². The number of hydrogen-bond donors (Lipinski definition) is 3. The SMILES string of the molecule is COc1ccc(S(=O)(=O)C(CCCCOc2ccccc2)(CC2CCCNC2)C(=O)NO)cc1. The van der Waals surface area contributed by atoms with Gasteiger partial charge in [0.05, 0.1) is 18.6 Å². The number of hydrogen-bond acceptors (Lipinski definition) is 7. The number of rotatable bonds is 12. The number of carbonyl (C=O) groups is 1. The minimum Gasteiger partial charge on any atom is -0.497 e. The number of sulfone groups is 1. The van der Waals surface area contributed by atoms with Crippen LogP contribution in [0.25, 0.3) is 0 Å². The minimum atomic E-state index is -4.13. The van der Waals surface area contributed by atoms with Crippen LogP contribution in [-0.2, 0) is 14.6 Å². The zero-order chi connectivity index (χ0) is 24.4. The summed E-state index contributed by atoms with van der Waals surface area (Å²) in [5.41, 5.74) is 1.67. The predicted molar refractivity (Wildman–Crippen MR) is 129 cm³/mol. The van der Waals surface area contributed by atoms with Crippen molar-refractivity contribution in [3.8, 4) is 11.5 Å². The summed E-state index contributed by atoms with van der Waals surface area (Å²) in [5, 5.41) is 12.9. The van der Waals surface area contributed by atoms with Crippen molar-refractivity contribution in [3.63, 3.8) is 0 Å². The third kappa shape index (κ3) is 6.08. The van der Waals surface area contributed by atoms with Crippen LogP contribution in [0.1, 0.15) is 38.5 Å². The summed E-state index contributed by atoms with van der Waals surface area (Å²) in [6.45, 7) is 1.90. The van der Waals surface area contributed by atoms with E-state index in [9.17, 15) is 18.4 Å². The molecule has 1 saturated heterocycles. The highest BCUT2D eigenvalue weighted by atomic mass is 32.2. The molecule has 0 spiro atoms. The van der Waals surface area contributed by atoms with Crippen LogP contribution in [0, 0.1) is 5.92 Å². The van der Waals surface area contributed by atoms with Crippen molar-refractivity contribution in [1.29, 1.82) is 0 Å². The molecule has 9 heteroatoms. The Kier molecular flexibility index (Phi) is 9.32. The Morgan fingerprint density at radius 1 is 1.12 bits per heavy atom. The van der Waals surface area contributed by atoms with Crippen molar-refractivity contribution in [2.24, 2.45) is 5.92 Å². The highest BCUT2D eigenvalue weighted by Crippen LogP contribution is 2.38. The van der Waals surface area contributed by atoms with Gasteiger partial charge in [0.25, 0.3) is 5.91 Å². The van der Waals surface area contributed by atoms with Gasteiger partial charge in [-0.2, -0.15) is 0 Å².